The Balaban J connectivity index is 1.51. The Labute approximate surface area is 193 Å². The zero-order valence-electron chi connectivity index (χ0n) is 20.1. The van der Waals surface area contributed by atoms with Gasteiger partial charge in [-0.05, 0) is 59.4 Å². The second-order valence-corrected chi connectivity index (χ2v) is 10.9. The molecule has 1 atom stereocenters. The fourth-order valence-corrected chi connectivity index (χ4v) is 5.21. The fraction of sp³-hybridized carbons (Fsp3) is 0.593. The second-order valence-electron chi connectivity index (χ2n) is 10.9. The van der Waals surface area contributed by atoms with E-state index in [9.17, 15) is 5.11 Å². The van der Waals surface area contributed by atoms with Crippen LogP contribution in [0, 0.1) is 0 Å². The van der Waals surface area contributed by atoms with Crippen molar-refractivity contribution in [2.75, 3.05) is 44.2 Å². The van der Waals surface area contributed by atoms with Crippen molar-refractivity contribution < 1.29 is 10.2 Å². The Bertz CT molecular complexity index is 932. The Morgan fingerprint density at radius 1 is 0.938 bits per heavy atom. The van der Waals surface area contributed by atoms with Gasteiger partial charge in [0, 0.05) is 44.9 Å². The number of aliphatic hydroxyl groups excluding tert-OH is 2. The summed E-state index contributed by atoms with van der Waals surface area (Å²) in [7, 11) is 0. The summed E-state index contributed by atoms with van der Waals surface area (Å²) < 4.78 is 0. The van der Waals surface area contributed by atoms with Crippen LogP contribution in [0.15, 0.2) is 36.4 Å². The van der Waals surface area contributed by atoms with Crippen LogP contribution in [0.5, 0.6) is 0 Å². The third-order valence-corrected chi connectivity index (χ3v) is 7.51. The minimum atomic E-state index is -0.453. The van der Waals surface area contributed by atoms with E-state index in [1.54, 1.807) is 0 Å². The van der Waals surface area contributed by atoms with Gasteiger partial charge < -0.3 is 15.1 Å². The molecule has 0 radical (unpaired) electrons. The van der Waals surface area contributed by atoms with Crippen molar-refractivity contribution in [2.24, 2.45) is 0 Å². The monoisotopic (exact) mass is 437 g/mol. The molecule has 5 nitrogen and oxygen atoms in total. The van der Waals surface area contributed by atoms with Crippen molar-refractivity contribution in [2.45, 2.75) is 63.9 Å². The summed E-state index contributed by atoms with van der Waals surface area (Å²) in [5.74, 6) is 1.02. The van der Waals surface area contributed by atoms with Crippen molar-refractivity contribution in [3.05, 3.63) is 47.5 Å². The van der Waals surface area contributed by atoms with Crippen LogP contribution in [0.25, 0.3) is 11.3 Å². The first-order valence-corrected chi connectivity index (χ1v) is 12.1. The molecule has 5 heteroatoms. The van der Waals surface area contributed by atoms with Crippen LogP contribution in [-0.4, -0.2) is 65.5 Å². The number of hydrogen-bond acceptors (Lipinski definition) is 5. The molecule has 4 rings (SSSR count). The van der Waals surface area contributed by atoms with Gasteiger partial charge in [-0.1, -0.05) is 45.9 Å². The molecule has 1 aliphatic heterocycles. The molecular weight excluding hydrogens is 398 g/mol. The minimum absolute atomic E-state index is 0.0369. The van der Waals surface area contributed by atoms with Gasteiger partial charge in [-0.3, -0.25) is 4.90 Å². The second kappa shape index (κ2) is 9.12. The van der Waals surface area contributed by atoms with Gasteiger partial charge >= 0.3 is 0 Å². The van der Waals surface area contributed by atoms with Gasteiger partial charge in [0.1, 0.15) is 5.82 Å². The first-order valence-electron chi connectivity index (χ1n) is 12.1. The number of rotatable bonds is 6. The van der Waals surface area contributed by atoms with E-state index in [0.29, 0.717) is 13.0 Å². The zero-order valence-corrected chi connectivity index (χ0v) is 20.1. The maximum atomic E-state index is 9.97. The van der Waals surface area contributed by atoms with Crippen LogP contribution in [0.3, 0.4) is 0 Å². The summed E-state index contributed by atoms with van der Waals surface area (Å²) in [5.41, 5.74) is 5.59. The van der Waals surface area contributed by atoms with Gasteiger partial charge in [0.15, 0.2) is 0 Å². The van der Waals surface area contributed by atoms with Crippen LogP contribution >= 0.6 is 0 Å². The molecule has 1 fully saturated rings. The standard InChI is InChI=1S/C27H39N3O2/c1-26(2)11-12-27(3,4)23-18-20(8-9-22(23)26)24-6-5-7-25(28-24)30-15-13-29(14-16-30)19-21(32)10-17-31/h5-9,18,21,31-32H,10-17,19H2,1-4H3/t21-/m0/s1. The lowest BCUT2D eigenvalue weighted by Gasteiger charge is -2.42. The highest BCUT2D eigenvalue weighted by Gasteiger charge is 2.37. The molecule has 2 aliphatic rings. The molecule has 174 valence electrons. The van der Waals surface area contributed by atoms with Crippen molar-refractivity contribution in [1.29, 1.82) is 0 Å². The number of β-amino-alcohol motifs (C(OH)–C–C–N with tert-alkyl or cyclic N) is 1. The van der Waals surface area contributed by atoms with Crippen molar-refractivity contribution >= 4 is 5.82 Å². The average molecular weight is 438 g/mol. The maximum Gasteiger partial charge on any atom is 0.129 e. The van der Waals surface area contributed by atoms with Gasteiger partial charge in [0.25, 0.3) is 0 Å². The van der Waals surface area contributed by atoms with E-state index in [1.165, 1.54) is 29.5 Å². The summed E-state index contributed by atoms with van der Waals surface area (Å²) in [6.07, 6.45) is 2.43. The Morgan fingerprint density at radius 2 is 1.62 bits per heavy atom. The van der Waals surface area contributed by atoms with E-state index in [0.717, 1.165) is 37.7 Å². The minimum Gasteiger partial charge on any atom is -0.396 e. The Kier molecular flexibility index (Phi) is 6.62. The molecule has 0 amide bonds. The molecule has 2 N–H and O–H groups in total. The summed E-state index contributed by atoms with van der Waals surface area (Å²) in [4.78, 5) is 9.65. The van der Waals surface area contributed by atoms with Gasteiger partial charge in [0.05, 0.1) is 11.8 Å². The van der Waals surface area contributed by atoms with E-state index in [4.69, 9.17) is 10.1 Å². The van der Waals surface area contributed by atoms with Crippen LogP contribution < -0.4 is 4.90 Å². The highest BCUT2D eigenvalue weighted by Crippen LogP contribution is 2.46. The summed E-state index contributed by atoms with van der Waals surface area (Å²) in [5, 5.41) is 19.0. The first kappa shape index (κ1) is 23.2. The summed E-state index contributed by atoms with van der Waals surface area (Å²) in [6.45, 7) is 13.7. The van der Waals surface area contributed by atoms with Gasteiger partial charge in [-0.25, -0.2) is 4.98 Å². The molecular formula is C27H39N3O2. The predicted molar refractivity (Wildman–Crippen MR) is 131 cm³/mol. The van der Waals surface area contributed by atoms with E-state index in [2.05, 4.69) is 73.9 Å². The highest BCUT2D eigenvalue weighted by molar-refractivity contribution is 5.65. The Hall–Kier alpha value is -1.95. The number of hydrogen-bond donors (Lipinski definition) is 2. The normalized spacial score (nSPS) is 21.2. The molecule has 1 aromatic carbocycles. The first-order chi connectivity index (χ1) is 15.2. The molecule has 1 saturated heterocycles. The summed E-state index contributed by atoms with van der Waals surface area (Å²) in [6, 6.07) is 13.3. The molecule has 2 heterocycles. The van der Waals surface area contributed by atoms with E-state index in [1.807, 2.05) is 0 Å². The lowest BCUT2D eigenvalue weighted by molar-refractivity contribution is 0.0851. The van der Waals surface area contributed by atoms with E-state index < -0.39 is 6.10 Å². The topological polar surface area (TPSA) is 59.8 Å². The Morgan fingerprint density at radius 3 is 2.31 bits per heavy atom. The molecule has 1 aromatic heterocycles. The zero-order chi connectivity index (χ0) is 22.9. The lowest BCUT2D eigenvalue weighted by Crippen LogP contribution is -2.48. The SMILES string of the molecule is CC1(C)CCC(C)(C)c2cc(-c3cccc(N4CCN(C[C@@H](O)CCO)CC4)n3)ccc21. The molecule has 0 spiro atoms. The van der Waals surface area contributed by atoms with Crippen LogP contribution in [0.1, 0.15) is 58.1 Å². The van der Waals surface area contributed by atoms with Crippen molar-refractivity contribution in [1.82, 2.24) is 9.88 Å². The lowest BCUT2D eigenvalue weighted by atomic mass is 9.63. The molecule has 2 aromatic rings. The largest absolute Gasteiger partial charge is 0.396 e. The molecule has 0 bridgehead atoms. The number of anilines is 1. The number of nitrogens with zero attached hydrogens (tertiary/aromatic N) is 3. The number of aromatic nitrogens is 1. The molecule has 1 aliphatic carbocycles. The van der Waals surface area contributed by atoms with Crippen molar-refractivity contribution in [3.63, 3.8) is 0 Å². The molecule has 32 heavy (non-hydrogen) atoms. The number of piperazine rings is 1. The van der Waals surface area contributed by atoms with Crippen LogP contribution in [0.4, 0.5) is 5.82 Å². The molecule has 0 unspecified atom stereocenters. The predicted octanol–water partition coefficient (Wildman–Crippen LogP) is 3.96. The number of benzene rings is 1. The average Bonchev–Trinajstić information content (AvgIpc) is 2.77. The third kappa shape index (κ3) is 4.85. The van der Waals surface area contributed by atoms with E-state index in [-0.39, 0.29) is 17.4 Å². The number of aliphatic hydroxyl groups is 2. The van der Waals surface area contributed by atoms with E-state index >= 15 is 0 Å². The van der Waals surface area contributed by atoms with Crippen molar-refractivity contribution in [3.8, 4) is 11.3 Å². The third-order valence-electron chi connectivity index (χ3n) is 7.51. The molecule has 0 saturated carbocycles. The summed E-state index contributed by atoms with van der Waals surface area (Å²) >= 11 is 0. The maximum absolute atomic E-state index is 9.97. The van der Waals surface area contributed by atoms with Crippen LogP contribution in [-0.2, 0) is 10.8 Å². The highest BCUT2D eigenvalue weighted by atomic mass is 16.3. The van der Waals surface area contributed by atoms with Gasteiger partial charge in [-0.15, -0.1) is 0 Å². The fourth-order valence-electron chi connectivity index (χ4n) is 5.21. The van der Waals surface area contributed by atoms with Crippen LogP contribution in [0.2, 0.25) is 0 Å². The van der Waals surface area contributed by atoms with Gasteiger partial charge in [-0.2, -0.15) is 0 Å². The number of fused-ring (bicyclic) bond motifs is 1. The number of pyridine rings is 1. The smallest absolute Gasteiger partial charge is 0.129 e. The van der Waals surface area contributed by atoms with Gasteiger partial charge in [0.2, 0.25) is 0 Å². The quantitative estimate of drug-likeness (QED) is 0.716.